The molecule has 1 aromatic heterocycles. The first-order valence-electron chi connectivity index (χ1n) is 7.27. The van der Waals surface area contributed by atoms with Crippen molar-refractivity contribution in [3.63, 3.8) is 0 Å². The molecule has 5 heteroatoms. The predicted octanol–water partition coefficient (Wildman–Crippen LogP) is 2.13. The van der Waals surface area contributed by atoms with Crippen molar-refractivity contribution in [2.24, 2.45) is 0 Å². The number of hydrogen-bond acceptors (Lipinski definition) is 3. The fourth-order valence-electron chi connectivity index (χ4n) is 2.21. The topological polar surface area (TPSA) is 75.9 Å². The lowest BCUT2D eigenvalue weighted by molar-refractivity contribution is -0.711. The smallest absolute Gasteiger partial charge is 0.282 e. The summed E-state index contributed by atoms with van der Waals surface area (Å²) in [7, 11) is 0. The highest BCUT2D eigenvalue weighted by Crippen LogP contribution is 2.11. The highest BCUT2D eigenvalue weighted by Gasteiger charge is 2.21. The summed E-state index contributed by atoms with van der Waals surface area (Å²) in [4.78, 5) is 23.4. The van der Waals surface area contributed by atoms with E-state index in [4.69, 9.17) is 4.42 Å². The quantitative estimate of drug-likeness (QED) is 0.803. The number of amides is 1. The van der Waals surface area contributed by atoms with Crippen LogP contribution in [0.4, 0.5) is 5.69 Å². The van der Waals surface area contributed by atoms with Crippen LogP contribution in [0.1, 0.15) is 42.9 Å². The molecule has 0 fully saturated rings. The summed E-state index contributed by atoms with van der Waals surface area (Å²) in [5.41, 5.74) is 1.31. The van der Waals surface area contributed by atoms with Crippen LogP contribution in [0, 0.1) is 0 Å². The molecule has 1 heterocycles. The first-order valence-corrected chi connectivity index (χ1v) is 7.27. The molecule has 2 rings (SSSR count). The van der Waals surface area contributed by atoms with E-state index in [0.717, 1.165) is 5.76 Å². The highest BCUT2D eigenvalue weighted by atomic mass is 16.3. The van der Waals surface area contributed by atoms with Gasteiger partial charge in [0.2, 0.25) is 0 Å². The molecular formula is C17H21N2O3+. The zero-order valence-corrected chi connectivity index (χ0v) is 13.0. The predicted molar refractivity (Wildman–Crippen MR) is 83.6 cm³/mol. The zero-order valence-electron chi connectivity index (χ0n) is 13.0. The number of rotatable bonds is 6. The molecule has 0 saturated heterocycles. The second-order valence-corrected chi connectivity index (χ2v) is 5.41. The molecule has 116 valence electrons. The van der Waals surface area contributed by atoms with Gasteiger partial charge in [0.05, 0.1) is 6.26 Å². The van der Waals surface area contributed by atoms with Crippen LogP contribution in [0.25, 0.3) is 0 Å². The Hall–Kier alpha value is -2.40. The van der Waals surface area contributed by atoms with Gasteiger partial charge in [0, 0.05) is 11.3 Å². The van der Waals surface area contributed by atoms with Gasteiger partial charge >= 0.3 is 0 Å². The van der Waals surface area contributed by atoms with Crippen molar-refractivity contribution in [3.05, 3.63) is 54.0 Å². The lowest BCUT2D eigenvalue weighted by atomic mass is 10.1. The summed E-state index contributed by atoms with van der Waals surface area (Å²) in [6.45, 7) is 5.35. The maximum absolute atomic E-state index is 12.2. The molecule has 5 nitrogen and oxygen atoms in total. The monoisotopic (exact) mass is 301 g/mol. The third-order valence-corrected chi connectivity index (χ3v) is 3.54. The van der Waals surface area contributed by atoms with Gasteiger partial charge in [-0.15, -0.1) is 0 Å². The maximum Gasteiger partial charge on any atom is 0.282 e. The van der Waals surface area contributed by atoms with E-state index in [2.05, 4.69) is 5.32 Å². The van der Waals surface area contributed by atoms with E-state index in [0.29, 0.717) is 11.3 Å². The van der Waals surface area contributed by atoms with Crippen LogP contribution in [0.15, 0.2) is 47.1 Å². The van der Waals surface area contributed by atoms with Crippen molar-refractivity contribution < 1.29 is 19.3 Å². The van der Waals surface area contributed by atoms with Crippen molar-refractivity contribution in [2.45, 2.75) is 32.9 Å². The van der Waals surface area contributed by atoms with Crippen molar-refractivity contribution in [3.8, 4) is 0 Å². The molecular weight excluding hydrogens is 280 g/mol. The van der Waals surface area contributed by atoms with Gasteiger partial charge in [0.1, 0.15) is 6.04 Å². The van der Waals surface area contributed by atoms with Gasteiger partial charge in [-0.1, -0.05) is 0 Å². The van der Waals surface area contributed by atoms with Crippen LogP contribution in [0.3, 0.4) is 0 Å². The number of carbonyl (C=O) groups is 2. The van der Waals surface area contributed by atoms with E-state index in [1.54, 1.807) is 30.5 Å². The molecule has 2 atom stereocenters. The molecule has 0 aliphatic heterocycles. The minimum absolute atomic E-state index is 0.00634. The number of nitrogens with one attached hydrogen (secondary N) is 1. The Kier molecular flexibility index (Phi) is 5.12. The summed E-state index contributed by atoms with van der Waals surface area (Å²) < 4.78 is 5.33. The Morgan fingerprint density at radius 3 is 2.36 bits per heavy atom. The van der Waals surface area contributed by atoms with Gasteiger partial charge < -0.3 is 15.1 Å². The number of quaternary nitrogens is 1. The number of furan rings is 1. The van der Waals surface area contributed by atoms with Gasteiger partial charge in [-0.3, -0.25) is 9.59 Å². The first kappa shape index (κ1) is 16.0. The Labute approximate surface area is 129 Å². The van der Waals surface area contributed by atoms with Crippen molar-refractivity contribution in [1.82, 2.24) is 0 Å². The van der Waals surface area contributed by atoms with Gasteiger partial charge in [0.15, 0.2) is 17.6 Å². The van der Waals surface area contributed by atoms with Crippen molar-refractivity contribution in [2.75, 3.05) is 5.32 Å². The number of anilines is 1. The number of nitrogens with two attached hydrogens (primary N) is 1. The van der Waals surface area contributed by atoms with Gasteiger partial charge in [-0.25, -0.2) is 0 Å². The maximum atomic E-state index is 12.2. The van der Waals surface area contributed by atoms with Crippen LogP contribution in [0.2, 0.25) is 0 Å². The third kappa shape index (κ3) is 4.05. The lowest BCUT2D eigenvalue weighted by Crippen LogP contribution is -2.91. The number of benzene rings is 1. The molecule has 0 bridgehead atoms. The second kappa shape index (κ2) is 7.04. The summed E-state index contributed by atoms with van der Waals surface area (Å²) >= 11 is 0. The van der Waals surface area contributed by atoms with Gasteiger partial charge in [-0.2, -0.15) is 0 Å². The Morgan fingerprint density at radius 2 is 1.82 bits per heavy atom. The largest absolute Gasteiger partial charge is 0.463 e. The Morgan fingerprint density at radius 1 is 1.14 bits per heavy atom. The van der Waals surface area contributed by atoms with Gasteiger partial charge in [-0.05, 0) is 57.2 Å². The fraction of sp³-hybridized carbons (Fsp3) is 0.294. The van der Waals surface area contributed by atoms with E-state index in [1.807, 2.05) is 31.3 Å². The highest BCUT2D eigenvalue weighted by molar-refractivity contribution is 5.96. The normalized spacial score (nSPS) is 13.4. The van der Waals surface area contributed by atoms with E-state index in [-0.39, 0.29) is 23.8 Å². The van der Waals surface area contributed by atoms with E-state index in [1.165, 1.54) is 6.92 Å². The fourth-order valence-corrected chi connectivity index (χ4v) is 2.21. The standard InChI is InChI=1S/C17H20N2O3/c1-11(16-5-4-10-22-16)18-12(2)17(21)19-15-8-6-14(7-9-15)13(3)20/h4-12,18H,1-3H3,(H,19,21)/p+1/t11-,12-/m0/s1. The summed E-state index contributed by atoms with van der Waals surface area (Å²) in [5, 5.41) is 4.79. The third-order valence-electron chi connectivity index (χ3n) is 3.54. The average Bonchev–Trinajstić information content (AvgIpc) is 3.02. The number of Topliss-reactive ketones (excluding diaryl/α,β-unsaturated/α-hetero) is 1. The summed E-state index contributed by atoms with van der Waals surface area (Å²) in [5.74, 6) is 0.756. The average molecular weight is 301 g/mol. The molecule has 1 amide bonds. The Bertz CT molecular complexity index is 632. The molecule has 1 aromatic carbocycles. The molecule has 3 N–H and O–H groups in total. The van der Waals surface area contributed by atoms with Crippen LogP contribution in [0.5, 0.6) is 0 Å². The SMILES string of the molecule is CC(=O)c1ccc(NC(=O)[C@H](C)[NH2+][C@@H](C)c2ccco2)cc1. The van der Waals surface area contributed by atoms with E-state index in [9.17, 15) is 9.59 Å². The first-order chi connectivity index (χ1) is 10.5. The number of hydrogen-bond donors (Lipinski definition) is 2. The molecule has 0 radical (unpaired) electrons. The van der Waals surface area contributed by atoms with Crippen LogP contribution in [-0.2, 0) is 4.79 Å². The molecule has 0 aliphatic rings. The summed E-state index contributed by atoms with van der Waals surface area (Å²) in [6, 6.07) is 10.4. The minimum atomic E-state index is -0.257. The second-order valence-electron chi connectivity index (χ2n) is 5.41. The van der Waals surface area contributed by atoms with Crippen LogP contribution < -0.4 is 10.6 Å². The number of ketones is 1. The Balaban J connectivity index is 1.92. The van der Waals surface area contributed by atoms with Crippen LogP contribution >= 0.6 is 0 Å². The van der Waals surface area contributed by atoms with E-state index < -0.39 is 0 Å². The lowest BCUT2D eigenvalue weighted by Gasteiger charge is -2.15. The molecule has 2 aromatic rings. The van der Waals surface area contributed by atoms with Gasteiger partial charge in [0.25, 0.3) is 5.91 Å². The molecule has 0 aliphatic carbocycles. The van der Waals surface area contributed by atoms with Crippen LogP contribution in [-0.4, -0.2) is 17.7 Å². The molecule has 0 unspecified atom stereocenters. The molecule has 22 heavy (non-hydrogen) atoms. The minimum Gasteiger partial charge on any atom is -0.463 e. The molecule has 0 saturated carbocycles. The van der Waals surface area contributed by atoms with E-state index >= 15 is 0 Å². The number of carbonyl (C=O) groups excluding carboxylic acids is 2. The molecule has 0 spiro atoms. The zero-order chi connectivity index (χ0) is 16.1. The van der Waals surface area contributed by atoms with Crippen molar-refractivity contribution in [1.29, 1.82) is 0 Å². The van der Waals surface area contributed by atoms with Crippen molar-refractivity contribution >= 4 is 17.4 Å². The summed E-state index contributed by atoms with van der Waals surface area (Å²) in [6.07, 6.45) is 1.63.